The fourth-order valence-corrected chi connectivity index (χ4v) is 3.15. The van der Waals surface area contributed by atoms with E-state index in [2.05, 4.69) is 0 Å². The van der Waals surface area contributed by atoms with E-state index in [-0.39, 0.29) is 10.8 Å². The summed E-state index contributed by atoms with van der Waals surface area (Å²) in [6.45, 7) is 1.91. The van der Waals surface area contributed by atoms with E-state index in [4.69, 9.17) is 15.4 Å². The number of hydrogen-bond acceptors (Lipinski definition) is 4. The van der Waals surface area contributed by atoms with E-state index in [1.54, 1.807) is 18.1 Å². The lowest BCUT2D eigenvalue weighted by Gasteiger charge is -2.16. The third-order valence-electron chi connectivity index (χ3n) is 3.34. The Morgan fingerprint density at radius 1 is 1.50 bits per heavy atom. The number of ether oxygens (including phenoxy) is 1. The molecule has 1 atom stereocenters. The Kier molecular flexibility index (Phi) is 4.67. The van der Waals surface area contributed by atoms with Crippen LogP contribution in [0.2, 0.25) is 0 Å². The van der Waals surface area contributed by atoms with Gasteiger partial charge in [0.05, 0.1) is 11.5 Å². The zero-order valence-electron chi connectivity index (χ0n) is 11.1. The van der Waals surface area contributed by atoms with Crippen LogP contribution in [0.15, 0.2) is 29.2 Å². The Bertz CT molecular complexity index is 602. The van der Waals surface area contributed by atoms with Crippen LogP contribution in [0.1, 0.15) is 16.8 Å². The molecule has 0 bridgehead atoms. The lowest BCUT2D eigenvalue weighted by Crippen LogP contribution is -2.29. The Hall–Kier alpha value is -1.11. The van der Waals surface area contributed by atoms with Crippen molar-refractivity contribution >= 4 is 25.6 Å². The average molecular weight is 318 g/mol. The summed E-state index contributed by atoms with van der Waals surface area (Å²) in [7, 11) is 3.11. The molecule has 5 nitrogen and oxygen atoms in total. The second-order valence-corrected chi connectivity index (χ2v) is 7.39. The fourth-order valence-electron chi connectivity index (χ4n) is 2.35. The molecular formula is C13H16ClNO4S. The van der Waals surface area contributed by atoms with E-state index in [0.717, 1.165) is 6.42 Å². The highest BCUT2D eigenvalue weighted by atomic mass is 35.7. The first-order chi connectivity index (χ1) is 9.41. The Balaban J connectivity index is 2.14. The van der Waals surface area contributed by atoms with Gasteiger partial charge in [-0.25, -0.2) is 8.42 Å². The van der Waals surface area contributed by atoms with Crippen molar-refractivity contribution in [3.8, 4) is 0 Å². The van der Waals surface area contributed by atoms with Crippen LogP contribution in [0.4, 0.5) is 0 Å². The zero-order valence-corrected chi connectivity index (χ0v) is 12.7. The molecule has 20 heavy (non-hydrogen) atoms. The Morgan fingerprint density at radius 3 is 2.90 bits per heavy atom. The summed E-state index contributed by atoms with van der Waals surface area (Å²) in [5.41, 5.74) is 0.338. The summed E-state index contributed by atoms with van der Waals surface area (Å²) in [5, 5.41) is 0. The second-order valence-electron chi connectivity index (χ2n) is 4.83. The third-order valence-corrected chi connectivity index (χ3v) is 4.69. The summed E-state index contributed by atoms with van der Waals surface area (Å²) in [6, 6.07) is 5.80. The number of benzene rings is 1. The molecule has 7 heteroatoms. The van der Waals surface area contributed by atoms with Crippen LogP contribution in [0, 0.1) is 5.92 Å². The molecule has 0 saturated carbocycles. The molecule has 110 valence electrons. The zero-order chi connectivity index (χ0) is 14.8. The molecule has 0 N–H and O–H groups in total. The number of halogens is 1. The van der Waals surface area contributed by atoms with E-state index in [0.29, 0.717) is 31.2 Å². The van der Waals surface area contributed by atoms with Gasteiger partial charge in [0.2, 0.25) is 0 Å². The highest BCUT2D eigenvalue weighted by molar-refractivity contribution is 8.13. The van der Waals surface area contributed by atoms with Crippen LogP contribution in [0.3, 0.4) is 0 Å². The summed E-state index contributed by atoms with van der Waals surface area (Å²) in [4.78, 5) is 14.0. The first-order valence-corrected chi connectivity index (χ1v) is 8.55. The predicted molar refractivity (Wildman–Crippen MR) is 75.4 cm³/mol. The van der Waals surface area contributed by atoms with Gasteiger partial charge in [-0.15, -0.1) is 0 Å². The van der Waals surface area contributed by atoms with Crippen molar-refractivity contribution in [2.75, 3.05) is 26.8 Å². The number of likely N-dealkylation sites (tertiary alicyclic amines) is 1. The average Bonchev–Trinajstić information content (AvgIpc) is 2.86. The first-order valence-electron chi connectivity index (χ1n) is 6.24. The van der Waals surface area contributed by atoms with E-state index < -0.39 is 9.05 Å². The molecule has 1 saturated heterocycles. The van der Waals surface area contributed by atoms with Gasteiger partial charge >= 0.3 is 0 Å². The van der Waals surface area contributed by atoms with Gasteiger partial charge in [0, 0.05) is 42.4 Å². The molecular weight excluding hydrogens is 302 g/mol. The maximum Gasteiger partial charge on any atom is 0.261 e. The van der Waals surface area contributed by atoms with Crippen LogP contribution < -0.4 is 0 Å². The van der Waals surface area contributed by atoms with Crippen molar-refractivity contribution in [3.63, 3.8) is 0 Å². The molecule has 1 unspecified atom stereocenters. The third kappa shape index (κ3) is 3.50. The molecule has 2 rings (SSSR count). The number of carbonyl (C=O) groups excluding carboxylic acids is 1. The molecule has 0 aliphatic carbocycles. The van der Waals surface area contributed by atoms with Crippen LogP contribution in [0.5, 0.6) is 0 Å². The van der Waals surface area contributed by atoms with E-state index in [1.165, 1.54) is 18.2 Å². The van der Waals surface area contributed by atoms with Gasteiger partial charge in [0.1, 0.15) is 0 Å². The van der Waals surface area contributed by atoms with Crippen LogP contribution in [-0.2, 0) is 13.8 Å². The van der Waals surface area contributed by atoms with Gasteiger partial charge in [-0.3, -0.25) is 4.79 Å². The standard InChI is InChI=1S/C13H16ClNO4S/c1-19-9-10-5-6-15(8-10)13(16)11-3-2-4-12(7-11)20(14,17)18/h2-4,7,10H,5-6,8-9H2,1H3. The molecule has 1 aromatic carbocycles. The number of hydrogen-bond donors (Lipinski definition) is 0. The van der Waals surface area contributed by atoms with E-state index in [1.807, 2.05) is 0 Å². The number of nitrogens with zero attached hydrogens (tertiary/aromatic N) is 1. The normalized spacial score (nSPS) is 19.3. The van der Waals surface area contributed by atoms with Crippen molar-refractivity contribution in [2.24, 2.45) is 5.92 Å². The lowest BCUT2D eigenvalue weighted by atomic mass is 10.1. The highest BCUT2D eigenvalue weighted by Crippen LogP contribution is 2.21. The summed E-state index contributed by atoms with van der Waals surface area (Å²) < 4.78 is 27.7. The van der Waals surface area contributed by atoms with Crippen LogP contribution >= 0.6 is 10.7 Å². The lowest BCUT2D eigenvalue weighted by molar-refractivity contribution is 0.0775. The van der Waals surface area contributed by atoms with Crippen molar-refractivity contribution < 1.29 is 17.9 Å². The van der Waals surface area contributed by atoms with Gasteiger partial charge < -0.3 is 9.64 Å². The van der Waals surface area contributed by atoms with Gasteiger partial charge in [-0.2, -0.15) is 0 Å². The molecule has 1 amide bonds. The number of methoxy groups -OCH3 is 1. The molecule has 1 fully saturated rings. The quantitative estimate of drug-likeness (QED) is 0.793. The maximum absolute atomic E-state index is 12.3. The summed E-state index contributed by atoms with van der Waals surface area (Å²) in [5.74, 6) is 0.162. The molecule has 0 radical (unpaired) electrons. The van der Waals surface area contributed by atoms with Gasteiger partial charge in [0.25, 0.3) is 15.0 Å². The van der Waals surface area contributed by atoms with Crippen LogP contribution in [-0.4, -0.2) is 46.0 Å². The smallest absolute Gasteiger partial charge is 0.261 e. The molecule has 1 aliphatic rings. The summed E-state index contributed by atoms with van der Waals surface area (Å²) in [6.07, 6.45) is 0.896. The molecule has 0 spiro atoms. The minimum atomic E-state index is -3.82. The first kappa shape index (κ1) is 15.3. The van der Waals surface area contributed by atoms with E-state index in [9.17, 15) is 13.2 Å². The predicted octanol–water partition coefficient (Wildman–Crippen LogP) is 1.72. The number of rotatable bonds is 4. The van der Waals surface area contributed by atoms with Gasteiger partial charge in [0.15, 0.2) is 0 Å². The van der Waals surface area contributed by atoms with E-state index >= 15 is 0 Å². The number of carbonyl (C=O) groups is 1. The minimum absolute atomic E-state index is 0.0577. The van der Waals surface area contributed by atoms with Crippen molar-refractivity contribution in [3.05, 3.63) is 29.8 Å². The van der Waals surface area contributed by atoms with Crippen molar-refractivity contribution in [2.45, 2.75) is 11.3 Å². The number of amides is 1. The van der Waals surface area contributed by atoms with Gasteiger partial charge in [-0.05, 0) is 24.6 Å². The van der Waals surface area contributed by atoms with Crippen molar-refractivity contribution in [1.82, 2.24) is 4.90 Å². The Morgan fingerprint density at radius 2 is 2.25 bits per heavy atom. The highest BCUT2D eigenvalue weighted by Gasteiger charge is 2.27. The fraction of sp³-hybridized carbons (Fsp3) is 0.462. The summed E-state index contributed by atoms with van der Waals surface area (Å²) >= 11 is 0. The monoisotopic (exact) mass is 317 g/mol. The largest absolute Gasteiger partial charge is 0.384 e. The second kappa shape index (κ2) is 6.11. The maximum atomic E-state index is 12.3. The molecule has 1 aromatic rings. The molecule has 1 aliphatic heterocycles. The van der Waals surface area contributed by atoms with Crippen molar-refractivity contribution in [1.29, 1.82) is 0 Å². The SMILES string of the molecule is COCC1CCN(C(=O)c2cccc(S(=O)(=O)Cl)c2)C1. The Labute approximate surface area is 122 Å². The van der Waals surface area contributed by atoms with Crippen LogP contribution in [0.25, 0.3) is 0 Å². The van der Waals surface area contributed by atoms with Gasteiger partial charge in [-0.1, -0.05) is 6.07 Å². The topological polar surface area (TPSA) is 63.7 Å². The minimum Gasteiger partial charge on any atom is -0.384 e. The molecule has 1 heterocycles. The molecule has 0 aromatic heterocycles.